The predicted molar refractivity (Wildman–Crippen MR) is 80.7 cm³/mol. The first-order valence-corrected chi connectivity index (χ1v) is 8.21. The molecule has 0 aliphatic carbocycles. The van der Waals surface area contributed by atoms with Crippen LogP contribution >= 0.6 is 15.9 Å². The van der Waals surface area contributed by atoms with E-state index in [-0.39, 0.29) is 10.6 Å². The summed E-state index contributed by atoms with van der Waals surface area (Å²) < 4.78 is 35.6. The molecule has 2 aromatic carbocycles. The van der Waals surface area contributed by atoms with Crippen LogP contribution in [0.1, 0.15) is 5.89 Å². The molecular weight excluding hydrogens is 358 g/mol. The summed E-state index contributed by atoms with van der Waals surface area (Å²) in [6.45, 7) is 1.72. The third kappa shape index (κ3) is 2.93. The Balaban J connectivity index is 1.94. The third-order valence-corrected chi connectivity index (χ3v) is 4.57. The van der Waals surface area contributed by atoms with E-state index >= 15 is 0 Å². The number of hydrogen-bond donors (Lipinski definition) is 0. The van der Waals surface area contributed by atoms with Crippen molar-refractivity contribution in [2.24, 2.45) is 0 Å². The SMILES string of the molecule is Cc1nc2ccc(OS(=O)(=O)c3ccc(Br)cc3)cc2o1. The largest absolute Gasteiger partial charge is 0.441 e. The van der Waals surface area contributed by atoms with Crippen LogP contribution in [0.15, 0.2) is 56.2 Å². The van der Waals surface area contributed by atoms with E-state index in [1.807, 2.05) is 0 Å². The van der Waals surface area contributed by atoms with Crippen LogP contribution in [0.25, 0.3) is 11.1 Å². The van der Waals surface area contributed by atoms with Crippen LogP contribution in [0.4, 0.5) is 0 Å². The van der Waals surface area contributed by atoms with Gasteiger partial charge in [0.2, 0.25) is 0 Å². The maximum absolute atomic E-state index is 12.2. The molecule has 0 bridgehead atoms. The van der Waals surface area contributed by atoms with Gasteiger partial charge in [-0.05, 0) is 36.4 Å². The Labute approximate surface area is 129 Å². The molecule has 0 saturated carbocycles. The van der Waals surface area contributed by atoms with Crippen molar-refractivity contribution < 1.29 is 17.0 Å². The van der Waals surface area contributed by atoms with Gasteiger partial charge in [-0.2, -0.15) is 8.42 Å². The van der Waals surface area contributed by atoms with E-state index < -0.39 is 10.1 Å². The lowest BCUT2D eigenvalue weighted by atomic mass is 10.3. The Kier molecular flexibility index (Phi) is 3.46. The van der Waals surface area contributed by atoms with E-state index in [1.165, 1.54) is 18.2 Å². The molecule has 3 rings (SSSR count). The number of nitrogens with zero attached hydrogens (tertiary/aromatic N) is 1. The number of fused-ring (bicyclic) bond motifs is 1. The minimum Gasteiger partial charge on any atom is -0.441 e. The monoisotopic (exact) mass is 367 g/mol. The Morgan fingerprint density at radius 3 is 2.57 bits per heavy atom. The highest BCUT2D eigenvalue weighted by Gasteiger charge is 2.17. The van der Waals surface area contributed by atoms with Crippen molar-refractivity contribution in [2.45, 2.75) is 11.8 Å². The van der Waals surface area contributed by atoms with Crippen LogP contribution in [-0.4, -0.2) is 13.4 Å². The van der Waals surface area contributed by atoms with Crippen molar-refractivity contribution in [2.75, 3.05) is 0 Å². The number of aromatic nitrogens is 1. The van der Waals surface area contributed by atoms with Crippen LogP contribution in [0, 0.1) is 6.92 Å². The number of oxazole rings is 1. The molecule has 0 amide bonds. The van der Waals surface area contributed by atoms with Gasteiger partial charge in [-0.3, -0.25) is 0 Å². The highest BCUT2D eigenvalue weighted by atomic mass is 79.9. The predicted octanol–water partition coefficient (Wildman–Crippen LogP) is 3.67. The Bertz CT molecular complexity index is 900. The maximum Gasteiger partial charge on any atom is 0.339 e. The second kappa shape index (κ2) is 5.16. The van der Waals surface area contributed by atoms with Crippen molar-refractivity contribution in [3.8, 4) is 5.75 Å². The molecule has 0 N–H and O–H groups in total. The summed E-state index contributed by atoms with van der Waals surface area (Å²) >= 11 is 3.25. The highest BCUT2D eigenvalue weighted by molar-refractivity contribution is 9.10. The van der Waals surface area contributed by atoms with E-state index in [4.69, 9.17) is 8.60 Å². The first-order valence-electron chi connectivity index (χ1n) is 6.01. The van der Waals surface area contributed by atoms with Crippen LogP contribution in [0.5, 0.6) is 5.75 Å². The first kappa shape index (κ1) is 14.1. The third-order valence-electron chi connectivity index (χ3n) is 2.78. The summed E-state index contributed by atoms with van der Waals surface area (Å²) in [5.41, 5.74) is 1.14. The number of hydrogen-bond acceptors (Lipinski definition) is 5. The Morgan fingerprint density at radius 1 is 1.14 bits per heavy atom. The number of benzene rings is 2. The molecule has 0 fully saturated rings. The average Bonchev–Trinajstić information content (AvgIpc) is 2.78. The van der Waals surface area contributed by atoms with Gasteiger partial charge in [-0.15, -0.1) is 0 Å². The molecular formula is C14H10BrNO4S. The Hall–Kier alpha value is -1.86. The van der Waals surface area contributed by atoms with E-state index in [9.17, 15) is 8.42 Å². The minimum absolute atomic E-state index is 0.0829. The standard InChI is InChI=1S/C14H10BrNO4S/c1-9-16-13-7-4-11(8-14(13)19-9)20-21(17,18)12-5-2-10(15)3-6-12/h2-8H,1H3. The summed E-state index contributed by atoms with van der Waals surface area (Å²) in [5, 5.41) is 0. The molecule has 0 aliphatic rings. The second-order valence-electron chi connectivity index (χ2n) is 4.35. The molecule has 0 unspecified atom stereocenters. The topological polar surface area (TPSA) is 69.4 Å². The lowest BCUT2D eigenvalue weighted by Crippen LogP contribution is -2.09. The van der Waals surface area contributed by atoms with Crippen molar-refractivity contribution >= 4 is 37.1 Å². The van der Waals surface area contributed by atoms with Gasteiger partial charge in [0.05, 0.1) is 0 Å². The van der Waals surface area contributed by atoms with Crippen molar-refractivity contribution in [3.05, 3.63) is 52.8 Å². The molecule has 3 aromatic rings. The normalized spacial score (nSPS) is 11.7. The minimum atomic E-state index is -3.87. The van der Waals surface area contributed by atoms with Crippen molar-refractivity contribution in [3.63, 3.8) is 0 Å². The maximum atomic E-state index is 12.2. The number of rotatable bonds is 3. The van der Waals surface area contributed by atoms with Crippen LogP contribution in [0.3, 0.4) is 0 Å². The van der Waals surface area contributed by atoms with Gasteiger partial charge in [-0.25, -0.2) is 4.98 Å². The van der Waals surface area contributed by atoms with Gasteiger partial charge in [-0.1, -0.05) is 15.9 Å². The van der Waals surface area contributed by atoms with Crippen LogP contribution in [0.2, 0.25) is 0 Å². The average molecular weight is 368 g/mol. The summed E-state index contributed by atoms with van der Waals surface area (Å²) in [4.78, 5) is 4.22. The molecule has 1 aromatic heterocycles. The molecule has 1 heterocycles. The molecule has 0 saturated heterocycles. The highest BCUT2D eigenvalue weighted by Crippen LogP contribution is 2.25. The van der Waals surface area contributed by atoms with Gasteiger partial charge in [0, 0.05) is 17.5 Å². The molecule has 0 atom stereocenters. The van der Waals surface area contributed by atoms with E-state index in [0.29, 0.717) is 17.0 Å². The zero-order chi connectivity index (χ0) is 15.0. The van der Waals surface area contributed by atoms with Crippen LogP contribution < -0.4 is 4.18 Å². The van der Waals surface area contributed by atoms with Gasteiger partial charge in [0.1, 0.15) is 16.2 Å². The van der Waals surface area contributed by atoms with E-state index in [2.05, 4.69) is 20.9 Å². The van der Waals surface area contributed by atoms with E-state index in [1.54, 1.807) is 31.2 Å². The van der Waals surface area contributed by atoms with Crippen molar-refractivity contribution in [1.29, 1.82) is 0 Å². The summed E-state index contributed by atoms with van der Waals surface area (Å²) in [7, 11) is -3.87. The fraction of sp³-hybridized carbons (Fsp3) is 0.0714. The molecule has 0 spiro atoms. The smallest absolute Gasteiger partial charge is 0.339 e. The molecule has 0 aliphatic heterocycles. The van der Waals surface area contributed by atoms with E-state index in [0.717, 1.165) is 4.47 Å². The van der Waals surface area contributed by atoms with Gasteiger partial charge < -0.3 is 8.60 Å². The van der Waals surface area contributed by atoms with Crippen LogP contribution in [-0.2, 0) is 10.1 Å². The summed E-state index contributed by atoms with van der Waals surface area (Å²) in [5.74, 6) is 0.694. The first-order chi connectivity index (χ1) is 9.94. The molecule has 0 radical (unpaired) electrons. The summed E-state index contributed by atoms with van der Waals surface area (Å²) in [6.07, 6.45) is 0. The van der Waals surface area contributed by atoms with Gasteiger partial charge in [0.25, 0.3) is 0 Å². The lowest BCUT2D eigenvalue weighted by Gasteiger charge is -2.06. The molecule has 7 heteroatoms. The second-order valence-corrected chi connectivity index (χ2v) is 6.82. The quantitative estimate of drug-likeness (QED) is 0.660. The zero-order valence-corrected chi connectivity index (χ0v) is 13.3. The molecule has 21 heavy (non-hydrogen) atoms. The summed E-state index contributed by atoms with van der Waals surface area (Å²) in [6, 6.07) is 10.9. The van der Waals surface area contributed by atoms with Gasteiger partial charge in [0.15, 0.2) is 11.5 Å². The fourth-order valence-electron chi connectivity index (χ4n) is 1.85. The number of aryl methyl sites for hydroxylation is 1. The molecule has 5 nitrogen and oxygen atoms in total. The lowest BCUT2D eigenvalue weighted by molar-refractivity contribution is 0.485. The van der Waals surface area contributed by atoms with Crippen molar-refractivity contribution in [1.82, 2.24) is 4.98 Å². The van der Waals surface area contributed by atoms with Gasteiger partial charge >= 0.3 is 10.1 Å². The Morgan fingerprint density at radius 2 is 1.86 bits per heavy atom. The molecule has 108 valence electrons. The number of halogens is 1. The fourth-order valence-corrected chi connectivity index (χ4v) is 3.04. The zero-order valence-electron chi connectivity index (χ0n) is 10.9.